The first-order valence-electron chi connectivity index (χ1n) is 4.55. The fourth-order valence-corrected chi connectivity index (χ4v) is 2.19. The molecule has 0 amide bonds. The summed E-state index contributed by atoms with van der Waals surface area (Å²) in [5.74, 6) is 0. The molecular formula is C8H13N3OS. The van der Waals surface area contributed by atoms with E-state index in [0.717, 1.165) is 37.5 Å². The van der Waals surface area contributed by atoms with E-state index in [-0.39, 0.29) is 6.10 Å². The number of aliphatic hydroxyl groups excluding tert-OH is 1. The molecule has 5 heteroatoms. The number of hydrogen-bond acceptors (Lipinski definition) is 5. The van der Waals surface area contributed by atoms with E-state index in [1.807, 2.05) is 0 Å². The van der Waals surface area contributed by atoms with Crippen LogP contribution in [0, 0.1) is 0 Å². The van der Waals surface area contributed by atoms with Crippen LogP contribution in [-0.4, -0.2) is 34.5 Å². The molecule has 72 valence electrons. The third-order valence-corrected chi connectivity index (χ3v) is 3.07. The lowest BCUT2D eigenvalue weighted by Crippen LogP contribution is -2.24. The summed E-state index contributed by atoms with van der Waals surface area (Å²) in [6, 6.07) is 0. The van der Waals surface area contributed by atoms with Crippen molar-refractivity contribution in [3.05, 3.63) is 5.51 Å². The van der Waals surface area contributed by atoms with E-state index in [4.69, 9.17) is 0 Å². The van der Waals surface area contributed by atoms with Gasteiger partial charge >= 0.3 is 0 Å². The molecule has 0 spiro atoms. The average molecular weight is 199 g/mol. The number of rotatable bonds is 1. The molecule has 2 rings (SSSR count). The highest BCUT2D eigenvalue weighted by Gasteiger charge is 2.16. The highest BCUT2D eigenvalue weighted by Crippen LogP contribution is 2.20. The molecule has 0 aliphatic carbocycles. The van der Waals surface area contributed by atoms with Gasteiger partial charge in [-0.15, -0.1) is 10.2 Å². The molecule has 0 bridgehead atoms. The lowest BCUT2D eigenvalue weighted by atomic mass is 10.2. The van der Waals surface area contributed by atoms with Gasteiger partial charge in [-0.25, -0.2) is 0 Å². The first-order valence-corrected chi connectivity index (χ1v) is 5.43. The Morgan fingerprint density at radius 1 is 1.46 bits per heavy atom. The van der Waals surface area contributed by atoms with Gasteiger partial charge in [-0.2, -0.15) is 0 Å². The van der Waals surface area contributed by atoms with Gasteiger partial charge in [0.05, 0.1) is 6.10 Å². The Kier molecular flexibility index (Phi) is 2.75. The third-order valence-electron chi connectivity index (χ3n) is 2.32. The van der Waals surface area contributed by atoms with Crippen LogP contribution < -0.4 is 4.90 Å². The molecule has 1 N–H and O–H groups in total. The van der Waals surface area contributed by atoms with Crippen LogP contribution in [0.3, 0.4) is 0 Å². The molecule has 2 heterocycles. The molecule has 1 aliphatic rings. The van der Waals surface area contributed by atoms with E-state index in [1.165, 1.54) is 0 Å². The molecule has 0 radical (unpaired) electrons. The minimum atomic E-state index is -0.127. The van der Waals surface area contributed by atoms with Gasteiger partial charge in [0.15, 0.2) is 0 Å². The standard InChI is InChI=1S/C8H13N3OS/c12-7-2-1-4-11(5-3-7)8-10-9-6-13-8/h6-7,12H,1-5H2. The van der Waals surface area contributed by atoms with Gasteiger partial charge in [-0.1, -0.05) is 11.3 Å². The van der Waals surface area contributed by atoms with Crippen molar-refractivity contribution in [3.63, 3.8) is 0 Å². The molecule has 4 nitrogen and oxygen atoms in total. The predicted molar refractivity (Wildman–Crippen MR) is 52.0 cm³/mol. The van der Waals surface area contributed by atoms with E-state index >= 15 is 0 Å². The summed E-state index contributed by atoms with van der Waals surface area (Å²) in [4.78, 5) is 2.20. The highest BCUT2D eigenvalue weighted by atomic mass is 32.1. The Hall–Kier alpha value is -0.680. The van der Waals surface area contributed by atoms with Crippen LogP contribution in [0.5, 0.6) is 0 Å². The molecular weight excluding hydrogens is 186 g/mol. The lowest BCUT2D eigenvalue weighted by molar-refractivity contribution is 0.161. The van der Waals surface area contributed by atoms with Crippen molar-refractivity contribution in [1.29, 1.82) is 0 Å². The summed E-state index contributed by atoms with van der Waals surface area (Å²) in [7, 11) is 0. The van der Waals surface area contributed by atoms with Crippen molar-refractivity contribution in [2.75, 3.05) is 18.0 Å². The van der Waals surface area contributed by atoms with Crippen LogP contribution in [0.1, 0.15) is 19.3 Å². The zero-order valence-corrected chi connectivity index (χ0v) is 8.20. The summed E-state index contributed by atoms with van der Waals surface area (Å²) < 4.78 is 0. The Morgan fingerprint density at radius 3 is 3.15 bits per heavy atom. The van der Waals surface area contributed by atoms with Gasteiger partial charge in [0.25, 0.3) is 0 Å². The van der Waals surface area contributed by atoms with Crippen LogP contribution in [0.25, 0.3) is 0 Å². The van der Waals surface area contributed by atoms with Crippen LogP contribution in [0.4, 0.5) is 5.13 Å². The molecule has 0 saturated carbocycles. The smallest absolute Gasteiger partial charge is 0.208 e. The van der Waals surface area contributed by atoms with Crippen molar-refractivity contribution in [1.82, 2.24) is 10.2 Å². The van der Waals surface area contributed by atoms with Crippen LogP contribution in [0.15, 0.2) is 5.51 Å². The largest absolute Gasteiger partial charge is 0.393 e. The Labute approximate surface area is 81.2 Å². The average Bonchev–Trinajstić information content (AvgIpc) is 2.56. The Morgan fingerprint density at radius 2 is 2.38 bits per heavy atom. The van der Waals surface area contributed by atoms with Gasteiger partial charge < -0.3 is 10.0 Å². The van der Waals surface area contributed by atoms with Crippen LogP contribution >= 0.6 is 11.3 Å². The SMILES string of the molecule is OC1CCCN(c2nncs2)CC1. The van der Waals surface area contributed by atoms with Crippen molar-refractivity contribution >= 4 is 16.5 Å². The van der Waals surface area contributed by atoms with Gasteiger partial charge in [-0.3, -0.25) is 0 Å². The lowest BCUT2D eigenvalue weighted by Gasteiger charge is -2.17. The van der Waals surface area contributed by atoms with Gasteiger partial charge in [-0.05, 0) is 19.3 Å². The first kappa shape index (κ1) is 8.90. The predicted octanol–water partition coefficient (Wildman–Crippen LogP) is 0.889. The molecule has 1 atom stereocenters. The maximum atomic E-state index is 9.45. The molecule has 1 unspecified atom stereocenters. The van der Waals surface area contributed by atoms with Gasteiger partial charge in [0, 0.05) is 13.1 Å². The minimum absolute atomic E-state index is 0.127. The highest BCUT2D eigenvalue weighted by molar-refractivity contribution is 7.13. The van der Waals surface area contributed by atoms with Crippen molar-refractivity contribution in [2.24, 2.45) is 0 Å². The zero-order chi connectivity index (χ0) is 9.10. The normalized spacial score (nSPS) is 24.4. The topological polar surface area (TPSA) is 49.2 Å². The fourth-order valence-electron chi connectivity index (χ4n) is 1.58. The third kappa shape index (κ3) is 2.16. The first-order chi connectivity index (χ1) is 6.36. The molecule has 1 aromatic rings. The number of aromatic nitrogens is 2. The minimum Gasteiger partial charge on any atom is -0.393 e. The van der Waals surface area contributed by atoms with Gasteiger partial charge in [0.2, 0.25) is 5.13 Å². The maximum absolute atomic E-state index is 9.45. The van der Waals surface area contributed by atoms with E-state index < -0.39 is 0 Å². The van der Waals surface area contributed by atoms with Crippen molar-refractivity contribution in [3.8, 4) is 0 Å². The summed E-state index contributed by atoms with van der Waals surface area (Å²) in [5.41, 5.74) is 1.75. The summed E-state index contributed by atoms with van der Waals surface area (Å²) in [5, 5.41) is 18.3. The van der Waals surface area contributed by atoms with Crippen LogP contribution in [-0.2, 0) is 0 Å². The summed E-state index contributed by atoms with van der Waals surface area (Å²) >= 11 is 1.56. The molecule has 1 aliphatic heterocycles. The zero-order valence-electron chi connectivity index (χ0n) is 7.39. The van der Waals surface area contributed by atoms with E-state index in [1.54, 1.807) is 16.8 Å². The number of anilines is 1. The summed E-state index contributed by atoms with van der Waals surface area (Å²) in [6.45, 7) is 1.89. The second-order valence-electron chi connectivity index (χ2n) is 3.29. The second kappa shape index (κ2) is 4.02. The van der Waals surface area contributed by atoms with E-state index in [2.05, 4.69) is 15.1 Å². The maximum Gasteiger partial charge on any atom is 0.208 e. The van der Waals surface area contributed by atoms with E-state index in [9.17, 15) is 5.11 Å². The summed E-state index contributed by atoms with van der Waals surface area (Å²) in [6.07, 6.45) is 2.67. The number of hydrogen-bond donors (Lipinski definition) is 1. The van der Waals surface area contributed by atoms with Crippen molar-refractivity contribution < 1.29 is 5.11 Å². The Bertz CT molecular complexity index is 252. The van der Waals surface area contributed by atoms with Crippen molar-refractivity contribution in [2.45, 2.75) is 25.4 Å². The van der Waals surface area contributed by atoms with Gasteiger partial charge in [0.1, 0.15) is 5.51 Å². The molecule has 1 saturated heterocycles. The van der Waals surface area contributed by atoms with Crippen LogP contribution in [0.2, 0.25) is 0 Å². The molecule has 13 heavy (non-hydrogen) atoms. The van der Waals surface area contributed by atoms with E-state index in [0.29, 0.717) is 0 Å². The monoisotopic (exact) mass is 199 g/mol. The second-order valence-corrected chi connectivity index (χ2v) is 4.10. The quantitative estimate of drug-likeness (QED) is 0.729. The number of nitrogens with zero attached hydrogens (tertiary/aromatic N) is 3. The molecule has 1 fully saturated rings. The fraction of sp³-hybridized carbons (Fsp3) is 0.750. The molecule has 0 aromatic carbocycles. The molecule has 1 aromatic heterocycles. The number of aliphatic hydroxyl groups is 1. The Balaban J connectivity index is 2.00.